The van der Waals surface area contributed by atoms with Gasteiger partial charge in [0.25, 0.3) is 0 Å². The lowest BCUT2D eigenvalue weighted by atomic mass is 10.1. The average molecular weight is 586 g/mol. The van der Waals surface area contributed by atoms with Gasteiger partial charge in [0.05, 0.1) is 12.8 Å². The van der Waals surface area contributed by atoms with Crippen LogP contribution in [0.3, 0.4) is 0 Å². The molecule has 0 spiro atoms. The third kappa shape index (κ3) is 6.22. The second-order valence-corrected chi connectivity index (χ2v) is 7.97. The monoisotopic (exact) mass is 586 g/mol. The summed E-state index contributed by atoms with van der Waals surface area (Å²) in [5, 5.41) is 0. The van der Waals surface area contributed by atoms with Crippen molar-refractivity contribution in [1.29, 1.82) is 0 Å². The van der Waals surface area contributed by atoms with Crippen LogP contribution < -0.4 is 9.47 Å². The molecule has 2 aromatic heterocycles. The van der Waals surface area contributed by atoms with Gasteiger partial charge in [-0.1, -0.05) is 12.1 Å². The molecule has 3 rings (SSSR count). The highest BCUT2D eigenvalue weighted by atomic mass is 127. The van der Waals surface area contributed by atoms with Crippen molar-refractivity contribution in [3.63, 3.8) is 0 Å². The average Bonchev–Trinajstić information content (AvgIpc) is 3.21. The van der Waals surface area contributed by atoms with E-state index in [4.69, 9.17) is 9.47 Å². The molecule has 1 aromatic carbocycles. The molecule has 0 amide bonds. The standard InChI is InChI=1S/C23H19F4IN4O2/c1-13(4-9-19(24)29-2)22-31-20(21(28)32-22)16-7-6-15(10-17(16)33-3)34-12-14-5-8-18(30-11-14)23(25,26)27/h4-11H,2,12H2,1,3H3,(H,31,32)/b13-4+,19-9-. The number of nitrogens with one attached hydrogen (secondary N) is 1. The summed E-state index contributed by atoms with van der Waals surface area (Å²) >= 11 is 2.08. The Bertz CT molecular complexity index is 1230. The molecule has 0 unspecified atom stereocenters. The molecule has 178 valence electrons. The van der Waals surface area contributed by atoms with Crippen molar-refractivity contribution < 1.29 is 27.0 Å². The van der Waals surface area contributed by atoms with Gasteiger partial charge in [-0.05, 0) is 66.1 Å². The van der Waals surface area contributed by atoms with Gasteiger partial charge in [-0.3, -0.25) is 4.98 Å². The van der Waals surface area contributed by atoms with Gasteiger partial charge in [-0.15, -0.1) is 0 Å². The number of aliphatic imine (C=N–C) groups is 1. The highest BCUT2D eigenvalue weighted by molar-refractivity contribution is 14.1. The number of nitrogens with zero attached hydrogens (tertiary/aromatic N) is 3. The Morgan fingerprint density at radius 3 is 2.62 bits per heavy atom. The summed E-state index contributed by atoms with van der Waals surface area (Å²) in [6.45, 7) is 4.93. The van der Waals surface area contributed by atoms with Crippen LogP contribution in [-0.4, -0.2) is 28.8 Å². The first kappa shape index (κ1) is 25.4. The number of pyridine rings is 1. The summed E-state index contributed by atoms with van der Waals surface area (Å²) in [6, 6.07) is 7.38. The number of aromatic amines is 1. The number of methoxy groups -OCH3 is 1. The van der Waals surface area contributed by atoms with Crippen molar-refractivity contribution in [3.05, 3.63) is 75.4 Å². The number of rotatable bonds is 8. The van der Waals surface area contributed by atoms with E-state index in [1.807, 2.05) is 0 Å². The van der Waals surface area contributed by atoms with Crippen molar-refractivity contribution in [2.45, 2.75) is 19.7 Å². The minimum Gasteiger partial charge on any atom is -0.496 e. The number of benzene rings is 1. The number of halogens is 5. The summed E-state index contributed by atoms with van der Waals surface area (Å²) in [5.41, 5.74) is 1.64. The molecule has 3 aromatic rings. The SMILES string of the molecule is C=N/C(F)=C\C=C(/C)c1nc(I)c(-c2ccc(OCc3ccc(C(F)(F)F)nc3)cc2OC)[nH]1. The molecule has 0 aliphatic carbocycles. The third-order valence-corrected chi connectivity index (χ3v) is 5.40. The quantitative estimate of drug-likeness (QED) is 0.106. The molecule has 0 fully saturated rings. The molecule has 0 bridgehead atoms. The molecule has 0 radical (unpaired) electrons. The normalized spacial score (nSPS) is 12.6. The van der Waals surface area contributed by atoms with E-state index in [1.165, 1.54) is 25.3 Å². The van der Waals surface area contributed by atoms with Gasteiger partial charge in [0.2, 0.25) is 5.95 Å². The lowest BCUT2D eigenvalue weighted by Crippen LogP contribution is -2.08. The molecule has 11 heteroatoms. The predicted molar refractivity (Wildman–Crippen MR) is 129 cm³/mol. The van der Waals surface area contributed by atoms with Crippen LogP contribution in [-0.2, 0) is 12.8 Å². The number of aromatic nitrogens is 3. The maximum atomic E-state index is 13.2. The number of ether oxygens (including phenoxy) is 2. The predicted octanol–water partition coefficient (Wildman–Crippen LogP) is 6.60. The molecule has 1 N–H and O–H groups in total. The number of imidazole rings is 1. The second kappa shape index (κ2) is 10.8. The lowest BCUT2D eigenvalue weighted by molar-refractivity contribution is -0.141. The van der Waals surface area contributed by atoms with E-state index in [0.717, 1.165) is 17.8 Å². The van der Waals surface area contributed by atoms with Crippen LogP contribution in [0.2, 0.25) is 0 Å². The number of hydrogen-bond donors (Lipinski definition) is 1. The molecule has 0 saturated heterocycles. The largest absolute Gasteiger partial charge is 0.496 e. The molecule has 2 heterocycles. The summed E-state index contributed by atoms with van der Waals surface area (Å²) in [7, 11) is 1.51. The number of allylic oxidation sites excluding steroid dienone is 3. The molecule has 0 aliphatic rings. The first-order valence-corrected chi connectivity index (χ1v) is 10.8. The van der Waals surface area contributed by atoms with Gasteiger partial charge >= 0.3 is 6.18 Å². The number of hydrogen-bond acceptors (Lipinski definition) is 5. The van der Waals surface area contributed by atoms with Crippen LogP contribution in [0, 0.1) is 3.70 Å². The Morgan fingerprint density at radius 2 is 2.00 bits per heavy atom. The second-order valence-electron chi connectivity index (χ2n) is 6.95. The minimum atomic E-state index is -4.49. The smallest absolute Gasteiger partial charge is 0.433 e. The lowest BCUT2D eigenvalue weighted by Gasteiger charge is -2.12. The summed E-state index contributed by atoms with van der Waals surface area (Å²) < 4.78 is 63.0. The summed E-state index contributed by atoms with van der Waals surface area (Å²) in [5.74, 6) is 0.804. The van der Waals surface area contributed by atoms with E-state index in [1.54, 1.807) is 25.1 Å². The molecular formula is C23H19F4IN4O2. The summed E-state index contributed by atoms with van der Waals surface area (Å²) in [4.78, 5) is 14.3. The van der Waals surface area contributed by atoms with E-state index in [-0.39, 0.29) is 6.61 Å². The maximum Gasteiger partial charge on any atom is 0.433 e. The maximum absolute atomic E-state index is 13.2. The van der Waals surface area contributed by atoms with Crippen LogP contribution in [0.5, 0.6) is 11.5 Å². The van der Waals surface area contributed by atoms with Crippen LogP contribution in [0.25, 0.3) is 16.8 Å². The van der Waals surface area contributed by atoms with Crippen LogP contribution in [0.1, 0.15) is 24.0 Å². The van der Waals surface area contributed by atoms with Crippen LogP contribution in [0.4, 0.5) is 17.6 Å². The molecular weight excluding hydrogens is 567 g/mol. The Balaban J connectivity index is 1.79. The zero-order valence-electron chi connectivity index (χ0n) is 18.1. The topological polar surface area (TPSA) is 72.4 Å². The third-order valence-electron chi connectivity index (χ3n) is 4.62. The van der Waals surface area contributed by atoms with Gasteiger partial charge < -0.3 is 14.5 Å². The molecule has 0 atom stereocenters. The van der Waals surface area contributed by atoms with Crippen molar-refractivity contribution >= 4 is 34.9 Å². The molecule has 6 nitrogen and oxygen atoms in total. The Hall–Kier alpha value is -3.22. The van der Waals surface area contributed by atoms with E-state index in [0.29, 0.717) is 37.9 Å². The first-order valence-electron chi connectivity index (χ1n) is 9.72. The highest BCUT2D eigenvalue weighted by Gasteiger charge is 2.32. The van der Waals surface area contributed by atoms with Gasteiger partial charge in [-0.25, -0.2) is 9.98 Å². The van der Waals surface area contributed by atoms with E-state index in [9.17, 15) is 17.6 Å². The molecule has 0 saturated carbocycles. The van der Waals surface area contributed by atoms with Gasteiger partial charge in [0.15, 0.2) is 0 Å². The van der Waals surface area contributed by atoms with Crippen molar-refractivity contribution in [3.8, 4) is 22.8 Å². The fraction of sp³-hybridized carbons (Fsp3) is 0.174. The Morgan fingerprint density at radius 1 is 1.24 bits per heavy atom. The highest BCUT2D eigenvalue weighted by Crippen LogP contribution is 2.35. The zero-order chi connectivity index (χ0) is 24.9. The van der Waals surface area contributed by atoms with Crippen molar-refractivity contribution in [2.24, 2.45) is 4.99 Å². The minimum absolute atomic E-state index is 0.0347. The van der Waals surface area contributed by atoms with Gasteiger partial charge in [0, 0.05) is 23.4 Å². The number of H-pyrrole nitrogens is 1. The number of alkyl halides is 3. The summed E-state index contributed by atoms with van der Waals surface area (Å²) in [6.07, 6.45) is -0.634. The van der Waals surface area contributed by atoms with Gasteiger partial charge in [0.1, 0.15) is 33.3 Å². The fourth-order valence-corrected chi connectivity index (χ4v) is 3.52. The fourth-order valence-electron chi connectivity index (χ4n) is 2.85. The van der Waals surface area contributed by atoms with E-state index >= 15 is 0 Å². The van der Waals surface area contributed by atoms with Crippen molar-refractivity contribution in [1.82, 2.24) is 15.0 Å². The van der Waals surface area contributed by atoms with E-state index in [2.05, 4.69) is 49.3 Å². The van der Waals surface area contributed by atoms with Crippen molar-refractivity contribution in [2.75, 3.05) is 7.11 Å². The Kier molecular flexibility index (Phi) is 8.07. The van der Waals surface area contributed by atoms with Crippen LogP contribution >= 0.6 is 22.6 Å². The molecule has 0 aliphatic heterocycles. The Labute approximate surface area is 206 Å². The first-order chi connectivity index (χ1) is 16.1. The zero-order valence-corrected chi connectivity index (χ0v) is 20.2. The van der Waals surface area contributed by atoms with Gasteiger partial charge in [-0.2, -0.15) is 17.6 Å². The molecule has 34 heavy (non-hydrogen) atoms. The van der Waals surface area contributed by atoms with E-state index < -0.39 is 17.8 Å². The van der Waals surface area contributed by atoms with Crippen LogP contribution in [0.15, 0.2) is 59.6 Å².